The van der Waals surface area contributed by atoms with E-state index in [-0.39, 0.29) is 26.5 Å². The van der Waals surface area contributed by atoms with E-state index in [1.54, 1.807) is 8.79 Å². The summed E-state index contributed by atoms with van der Waals surface area (Å²) in [6.07, 6.45) is 7.77. The van der Waals surface area contributed by atoms with E-state index >= 15 is 0 Å². The zero-order valence-electron chi connectivity index (χ0n) is 41.0. The summed E-state index contributed by atoms with van der Waals surface area (Å²) >= 11 is -3.55. The normalized spacial score (nSPS) is 17.9. The monoisotopic (exact) mass is 1200 g/mol. The van der Waals surface area contributed by atoms with Crippen molar-refractivity contribution in [2.24, 2.45) is 0 Å². The SMILES string of the molecule is CP1c2cccc[c]2[Ge]2([c]3ccccc31)[c]1cc(Oc3[c-]c(N4[CH-]N(c5c(-c6ccccc6)cccc5-c5ccccc5)c5ccccc54)ccc3)[c-]c3c1c1c(n3-c3cc(C(C)(C)C)ccn3)C=CC[CH]12.[Pt]. The number of hydrogen-bond acceptors (Lipinski definition) is 4. The van der Waals surface area contributed by atoms with E-state index in [0.29, 0.717) is 16.2 Å². The minimum Gasteiger partial charge on any atom is 0 e. The van der Waals surface area contributed by atoms with Crippen molar-refractivity contribution in [2.45, 2.75) is 37.4 Å². The van der Waals surface area contributed by atoms with Gasteiger partial charge in [-0.2, -0.15) is 0 Å². The fourth-order valence-electron chi connectivity index (χ4n) is 12.4. The Morgan fingerprint density at radius 3 is 1.93 bits per heavy atom. The fraction of sp³-hybridized carbons (Fsp3) is 0.108. The Labute approximate surface area is 446 Å². The first-order valence-electron chi connectivity index (χ1n) is 25.0. The van der Waals surface area contributed by atoms with Gasteiger partial charge >= 0.3 is 338 Å². The average Bonchev–Trinajstić information content (AvgIpc) is 4.07. The van der Waals surface area contributed by atoms with Gasteiger partial charge in [-0.1, -0.05) is 78.9 Å². The fourth-order valence-corrected chi connectivity index (χ4v) is 30.5. The molecule has 5 heterocycles. The van der Waals surface area contributed by atoms with E-state index < -0.39 is 21.2 Å². The number of aromatic nitrogens is 2. The third kappa shape index (κ3) is 7.06. The van der Waals surface area contributed by atoms with Gasteiger partial charge < -0.3 is 0 Å². The van der Waals surface area contributed by atoms with Crippen LogP contribution in [0.4, 0.5) is 22.7 Å². The molecular formula is C65H50GeN4OPPt-3. The predicted molar refractivity (Wildman–Crippen MR) is 302 cm³/mol. The number of hydrogen-bond donors (Lipinski definition) is 0. The van der Waals surface area contributed by atoms with Gasteiger partial charge in [-0.25, -0.2) is 0 Å². The summed E-state index contributed by atoms with van der Waals surface area (Å²) in [4.78, 5) is 9.70. The molecule has 73 heavy (non-hydrogen) atoms. The van der Waals surface area contributed by atoms with E-state index in [0.717, 1.165) is 62.8 Å². The first-order valence-corrected chi connectivity index (χ1v) is 31.1. The number of rotatable bonds is 7. The second-order valence-electron chi connectivity index (χ2n) is 20.4. The number of allylic oxidation sites excluding steroid dienone is 1. The number of anilines is 4. The van der Waals surface area contributed by atoms with Crippen LogP contribution in [-0.4, -0.2) is 29.5 Å². The summed E-state index contributed by atoms with van der Waals surface area (Å²) in [7, 11) is -0.519. The number of para-hydroxylation sites is 3. The quantitative estimate of drug-likeness (QED) is 0.0905. The van der Waals surface area contributed by atoms with Gasteiger partial charge in [0.15, 0.2) is 0 Å². The molecule has 0 fully saturated rings. The molecule has 2 aromatic heterocycles. The van der Waals surface area contributed by atoms with Crippen molar-refractivity contribution >= 4 is 84.7 Å². The molecule has 5 nitrogen and oxygen atoms in total. The Hall–Kier alpha value is -6.75. The molecule has 10 aromatic rings. The topological polar surface area (TPSA) is 33.5 Å². The van der Waals surface area contributed by atoms with Crippen molar-refractivity contribution < 1.29 is 25.8 Å². The van der Waals surface area contributed by atoms with Gasteiger partial charge in [0.1, 0.15) is 0 Å². The third-order valence-corrected chi connectivity index (χ3v) is 29.9. The van der Waals surface area contributed by atoms with E-state index in [9.17, 15) is 0 Å². The maximum absolute atomic E-state index is 7.22. The minimum atomic E-state index is -3.55. The second-order valence-corrected chi connectivity index (χ2v) is 30.8. The molecule has 0 saturated carbocycles. The van der Waals surface area contributed by atoms with Crippen LogP contribution in [0.25, 0.3) is 45.1 Å². The van der Waals surface area contributed by atoms with Crippen molar-refractivity contribution in [1.29, 1.82) is 0 Å². The van der Waals surface area contributed by atoms with E-state index in [1.165, 1.54) is 37.2 Å². The van der Waals surface area contributed by atoms with Crippen LogP contribution in [-0.2, 0) is 26.5 Å². The molecule has 358 valence electrons. The maximum atomic E-state index is 7.22. The molecule has 1 atom stereocenters. The molecular weight excluding hydrogens is 1150 g/mol. The summed E-state index contributed by atoms with van der Waals surface area (Å²) < 4.78 is 14.6. The summed E-state index contributed by atoms with van der Waals surface area (Å²) in [6.45, 7) is 11.5. The smallest absolute Gasteiger partial charge is 0 e. The van der Waals surface area contributed by atoms with Crippen LogP contribution in [0.5, 0.6) is 11.5 Å². The predicted octanol–water partition coefficient (Wildman–Crippen LogP) is 13.4. The van der Waals surface area contributed by atoms with E-state index in [2.05, 4.69) is 255 Å². The van der Waals surface area contributed by atoms with Crippen LogP contribution in [0.3, 0.4) is 0 Å². The molecule has 0 bridgehead atoms. The standard InChI is InChI=1S/C65H50GeN4OP.Pt/c1-65(2,3)45-36-37-67-61(38-45)70-57-33-19-30-53-62(57)63-54(66(53)51-28-11-15-34-59(51)72(4)60-35-16-12-29-52(60)66)40-48(41-58(63)70)71-47-25-17-24-46(39-47)68-42-69(56-32-14-13-31-55(56)68)64-49(43-20-7-5-8-21-43)26-18-27-50(64)44-22-9-6-10-23-44;/h5-29,31-38,40,42,53H,30H2,1-4H3;/q-3;. The number of ether oxygens (including phenoxy) is 1. The molecule has 3 aliphatic heterocycles. The molecule has 0 radical (unpaired) electrons. The number of benzene rings is 8. The molecule has 8 heteroatoms. The van der Waals surface area contributed by atoms with Gasteiger partial charge in [0.25, 0.3) is 0 Å². The molecule has 1 unspecified atom stereocenters. The van der Waals surface area contributed by atoms with Crippen molar-refractivity contribution in [3.05, 3.63) is 236 Å². The number of pyridine rings is 1. The molecule has 1 aliphatic carbocycles. The third-order valence-electron chi connectivity index (χ3n) is 15.5. The van der Waals surface area contributed by atoms with Crippen LogP contribution in [0.1, 0.15) is 48.8 Å². The van der Waals surface area contributed by atoms with Crippen molar-refractivity contribution in [3.63, 3.8) is 0 Å². The summed E-state index contributed by atoms with van der Waals surface area (Å²) in [5, 5.41) is 4.40. The Balaban J connectivity index is 0.00000516. The molecule has 0 N–H and O–H groups in total. The van der Waals surface area contributed by atoms with Gasteiger partial charge in [-0.3, -0.25) is 0 Å². The molecule has 8 aromatic carbocycles. The van der Waals surface area contributed by atoms with Gasteiger partial charge in [0, 0.05) is 21.1 Å². The van der Waals surface area contributed by atoms with Gasteiger partial charge in [-0.15, -0.1) is 0 Å². The summed E-state index contributed by atoms with van der Waals surface area (Å²) in [6, 6.07) is 76.4. The average molecular weight is 1200 g/mol. The van der Waals surface area contributed by atoms with E-state index in [1.807, 2.05) is 12.3 Å². The second kappa shape index (κ2) is 17.7. The zero-order chi connectivity index (χ0) is 48.3. The van der Waals surface area contributed by atoms with Crippen LogP contribution in [0, 0.1) is 18.8 Å². The van der Waals surface area contributed by atoms with Crippen LogP contribution >= 0.6 is 7.92 Å². The van der Waals surface area contributed by atoms with Crippen molar-refractivity contribution in [3.8, 4) is 39.6 Å². The molecule has 4 aliphatic rings. The molecule has 1 spiro atoms. The first-order chi connectivity index (χ1) is 35.3. The molecule has 14 rings (SSSR count). The largest absolute Gasteiger partial charge is 0 e. The maximum Gasteiger partial charge on any atom is 0 e. The van der Waals surface area contributed by atoms with Crippen LogP contribution in [0.2, 0.25) is 0 Å². The Bertz CT molecular complexity index is 3740. The summed E-state index contributed by atoms with van der Waals surface area (Å²) in [5.41, 5.74) is 13.7. The van der Waals surface area contributed by atoms with Crippen LogP contribution < -0.4 is 38.3 Å². The Morgan fingerprint density at radius 2 is 1.26 bits per heavy atom. The molecule has 0 saturated heterocycles. The van der Waals surface area contributed by atoms with Gasteiger partial charge in [0.05, 0.1) is 0 Å². The van der Waals surface area contributed by atoms with Gasteiger partial charge in [0.2, 0.25) is 0 Å². The van der Waals surface area contributed by atoms with Crippen molar-refractivity contribution in [1.82, 2.24) is 9.55 Å². The number of nitrogens with zero attached hydrogens (tertiary/aromatic N) is 4. The zero-order valence-corrected chi connectivity index (χ0v) is 46.2. The Morgan fingerprint density at radius 1 is 0.644 bits per heavy atom. The van der Waals surface area contributed by atoms with Crippen molar-refractivity contribution in [2.75, 3.05) is 16.5 Å². The Kier molecular flexibility index (Phi) is 11.2. The number of fused-ring (bicyclic) bond motifs is 7. The first kappa shape index (κ1) is 46.1. The minimum absolute atomic E-state index is 0. The molecule has 0 amide bonds. The van der Waals surface area contributed by atoms with Gasteiger partial charge in [-0.05, 0) is 11.1 Å². The van der Waals surface area contributed by atoms with E-state index in [4.69, 9.17) is 9.72 Å². The van der Waals surface area contributed by atoms with Crippen LogP contribution in [0.15, 0.2) is 200 Å². The summed E-state index contributed by atoms with van der Waals surface area (Å²) in [5.74, 6) is 2.24.